The van der Waals surface area contributed by atoms with Gasteiger partial charge in [-0.3, -0.25) is 0 Å². The van der Waals surface area contributed by atoms with Gasteiger partial charge in [0.1, 0.15) is 11.0 Å². The molecule has 0 fully saturated rings. The highest BCUT2D eigenvalue weighted by Crippen LogP contribution is 2.43. The van der Waals surface area contributed by atoms with Crippen molar-refractivity contribution in [3.63, 3.8) is 0 Å². The molecule has 0 radical (unpaired) electrons. The van der Waals surface area contributed by atoms with E-state index in [1.165, 1.54) is 0 Å². The minimum Gasteiger partial charge on any atom is -0.0622 e. The molecule has 0 aromatic heterocycles. The van der Waals surface area contributed by atoms with Crippen molar-refractivity contribution in [1.82, 2.24) is 0 Å². The van der Waals surface area contributed by atoms with Crippen LogP contribution in [-0.4, -0.2) is 0 Å². The van der Waals surface area contributed by atoms with Crippen LogP contribution in [0.2, 0.25) is 0 Å². The Bertz CT molecular complexity index is 678. The lowest BCUT2D eigenvalue weighted by atomic mass is 9.86. The molecule has 0 spiro atoms. The van der Waals surface area contributed by atoms with Gasteiger partial charge in [0.15, 0.2) is 0 Å². The van der Waals surface area contributed by atoms with E-state index in [0.29, 0.717) is 0 Å². The van der Waals surface area contributed by atoms with Crippen LogP contribution in [0.15, 0.2) is 85.0 Å². The molecule has 96 valence electrons. The van der Waals surface area contributed by atoms with Crippen LogP contribution in [0.5, 0.6) is 0 Å². The van der Waals surface area contributed by atoms with Crippen LogP contribution in [0.25, 0.3) is 11.1 Å². The van der Waals surface area contributed by atoms with Gasteiger partial charge in [0.05, 0.1) is 11.1 Å². The summed E-state index contributed by atoms with van der Waals surface area (Å²) in [6, 6.07) is 20.5. The Kier molecular flexibility index (Phi) is 3.49. The zero-order valence-corrected chi connectivity index (χ0v) is 11.8. The summed E-state index contributed by atoms with van der Waals surface area (Å²) in [5.74, 6) is 0. The molecule has 0 saturated carbocycles. The maximum atomic E-state index is 6.52. The number of benzene rings is 2. The van der Waals surface area contributed by atoms with Gasteiger partial charge < -0.3 is 0 Å². The summed E-state index contributed by atoms with van der Waals surface area (Å²) in [5.41, 5.74) is 5.31. The van der Waals surface area contributed by atoms with Gasteiger partial charge in [0.2, 0.25) is 0 Å². The van der Waals surface area contributed by atoms with Crippen molar-refractivity contribution < 1.29 is 0 Å². The molecular weight excluding hydrogens is 264 g/mol. The highest BCUT2D eigenvalue weighted by molar-refractivity contribution is 6.39. The van der Waals surface area contributed by atoms with E-state index in [1.807, 2.05) is 42.5 Å². The van der Waals surface area contributed by atoms with Gasteiger partial charge >= 0.3 is 0 Å². The fourth-order valence-corrected chi connectivity index (χ4v) is 2.64. The second-order valence-corrected chi connectivity index (χ2v) is 5.07. The third-order valence-electron chi connectivity index (χ3n) is 3.37. The van der Waals surface area contributed by atoms with Gasteiger partial charge in [-0.15, -0.1) is 0 Å². The number of hydrogen-bond acceptors (Lipinski definition) is 0. The molecule has 2 aromatic rings. The molecule has 2 aromatic carbocycles. The van der Waals surface area contributed by atoms with Crippen LogP contribution in [0.4, 0.5) is 0 Å². The third kappa shape index (κ3) is 2.31. The quantitative estimate of drug-likeness (QED) is 0.636. The topological polar surface area (TPSA) is 0 Å². The normalized spacial score (nSPS) is 14.8. The molecule has 1 aliphatic carbocycles. The van der Waals surface area contributed by atoms with Crippen molar-refractivity contribution >= 4 is 22.7 Å². The minimum atomic E-state index is 0.720. The fraction of sp³-hybridized carbons (Fsp3) is 0. The van der Waals surface area contributed by atoms with Gasteiger partial charge in [-0.25, -0.2) is 0 Å². The van der Waals surface area contributed by atoms with Gasteiger partial charge in [-0.2, -0.15) is 0 Å². The van der Waals surface area contributed by atoms with E-state index in [-0.39, 0.29) is 0 Å². The maximum absolute atomic E-state index is 6.52. The average Bonchev–Trinajstić information content (AvgIpc) is 2.51. The summed E-state index contributed by atoms with van der Waals surface area (Å²) in [6.07, 6.45) is 4.06. The smallest absolute Gasteiger partial charge is 0.0622 e. The summed E-state index contributed by atoms with van der Waals surface area (Å²) in [7, 11) is 0. The third-order valence-corrected chi connectivity index (χ3v) is 3.80. The van der Waals surface area contributed by atoms with Gasteiger partial charge in [0.25, 0.3) is 0 Å². The highest BCUT2D eigenvalue weighted by Gasteiger charge is 2.30. The number of hydrogen-bond donors (Lipinski definition) is 0. The average molecular weight is 278 g/mol. The fourth-order valence-electron chi connectivity index (χ4n) is 2.36. The van der Waals surface area contributed by atoms with Crippen LogP contribution < -0.4 is 0 Å². The van der Waals surface area contributed by atoms with Crippen LogP contribution in [0.1, 0.15) is 11.1 Å². The Hall–Kier alpha value is -2.18. The van der Waals surface area contributed by atoms with E-state index in [4.69, 9.17) is 11.6 Å². The molecule has 0 N–H and O–H groups in total. The molecule has 0 amide bonds. The molecule has 0 nitrogen and oxygen atoms in total. The SMILES string of the molecule is C=C1C=CC(c2ccccc2)=C(c2ccccc2)[C+]1Cl. The predicted molar refractivity (Wildman–Crippen MR) is 87.1 cm³/mol. The molecule has 20 heavy (non-hydrogen) atoms. The lowest BCUT2D eigenvalue weighted by Crippen LogP contribution is -2.03. The molecule has 0 heterocycles. The first-order valence-corrected chi connectivity index (χ1v) is 6.90. The van der Waals surface area contributed by atoms with Crippen LogP contribution in [-0.2, 0) is 0 Å². The monoisotopic (exact) mass is 277 g/mol. The van der Waals surface area contributed by atoms with Crippen LogP contribution in [0.3, 0.4) is 0 Å². The lowest BCUT2D eigenvalue weighted by Gasteiger charge is -2.16. The Labute approximate surface area is 124 Å². The molecule has 0 saturated heterocycles. The molecule has 1 heteroatoms. The molecule has 0 atom stereocenters. The second-order valence-electron chi connectivity index (χ2n) is 4.69. The largest absolute Gasteiger partial charge is 0.135 e. The molecule has 1 aliphatic rings. The van der Waals surface area contributed by atoms with Crippen molar-refractivity contribution in [3.8, 4) is 0 Å². The first-order valence-electron chi connectivity index (χ1n) is 6.52. The van der Waals surface area contributed by atoms with E-state index in [1.54, 1.807) is 0 Å². The molecule has 3 rings (SSSR count). The summed E-state index contributed by atoms with van der Waals surface area (Å²) < 4.78 is 0. The van der Waals surface area contributed by atoms with Crippen LogP contribution in [0, 0.1) is 5.38 Å². The van der Waals surface area contributed by atoms with Crippen molar-refractivity contribution in [1.29, 1.82) is 0 Å². The first kappa shape index (κ1) is 12.8. The zero-order chi connectivity index (χ0) is 13.9. The predicted octanol–water partition coefficient (Wildman–Crippen LogP) is 5.49. The van der Waals surface area contributed by atoms with Crippen molar-refractivity contribution in [2.24, 2.45) is 0 Å². The Morgan fingerprint density at radius 2 is 1.30 bits per heavy atom. The zero-order valence-electron chi connectivity index (χ0n) is 11.0. The van der Waals surface area contributed by atoms with E-state index >= 15 is 0 Å². The molecule has 0 unspecified atom stereocenters. The van der Waals surface area contributed by atoms with Crippen LogP contribution >= 0.6 is 11.6 Å². The van der Waals surface area contributed by atoms with Gasteiger partial charge in [-0.05, 0) is 42.4 Å². The molecule has 0 bridgehead atoms. The summed E-state index contributed by atoms with van der Waals surface area (Å²) >= 11 is 6.52. The standard InChI is InChI=1S/C19H14Cl/c1-14-12-13-17(15-8-4-2-5-9-15)18(19(14)20)16-10-6-3-7-11-16/h2-13H,1H2/q+1. The second kappa shape index (κ2) is 5.44. The van der Waals surface area contributed by atoms with E-state index in [0.717, 1.165) is 33.2 Å². The first-order chi connectivity index (χ1) is 9.77. The maximum Gasteiger partial charge on any atom is 0.135 e. The van der Waals surface area contributed by atoms with E-state index in [2.05, 4.69) is 36.9 Å². The number of halogens is 1. The van der Waals surface area contributed by atoms with Crippen molar-refractivity contribution in [2.45, 2.75) is 0 Å². The molecule has 0 aliphatic heterocycles. The number of allylic oxidation sites excluding steroid dienone is 5. The highest BCUT2D eigenvalue weighted by atomic mass is 35.5. The van der Waals surface area contributed by atoms with E-state index < -0.39 is 0 Å². The Morgan fingerprint density at radius 3 is 1.90 bits per heavy atom. The summed E-state index contributed by atoms with van der Waals surface area (Å²) in [4.78, 5) is 0. The van der Waals surface area contributed by atoms with Gasteiger partial charge in [-0.1, -0.05) is 36.4 Å². The van der Waals surface area contributed by atoms with Gasteiger partial charge in [0, 0.05) is 23.3 Å². The summed E-state index contributed by atoms with van der Waals surface area (Å²) in [5, 5.41) is 0.720. The Morgan fingerprint density at radius 1 is 0.750 bits per heavy atom. The van der Waals surface area contributed by atoms with Crippen molar-refractivity contribution in [3.05, 3.63) is 101 Å². The Balaban J connectivity index is 2.22. The van der Waals surface area contributed by atoms with E-state index in [9.17, 15) is 0 Å². The number of rotatable bonds is 2. The molecular formula is C19H14Cl+. The lowest BCUT2D eigenvalue weighted by molar-refractivity contribution is 1.45. The minimum absolute atomic E-state index is 0.720. The van der Waals surface area contributed by atoms with Crippen molar-refractivity contribution in [2.75, 3.05) is 0 Å². The summed E-state index contributed by atoms with van der Waals surface area (Å²) in [6.45, 7) is 4.01.